The summed E-state index contributed by atoms with van der Waals surface area (Å²) in [5.41, 5.74) is 1.02. The van der Waals surface area contributed by atoms with E-state index in [0.29, 0.717) is 29.1 Å². The molecule has 1 aliphatic carbocycles. The van der Waals surface area contributed by atoms with E-state index in [0.717, 1.165) is 18.4 Å². The lowest BCUT2D eigenvalue weighted by Crippen LogP contribution is -2.09. The van der Waals surface area contributed by atoms with E-state index < -0.39 is 17.0 Å². The Morgan fingerprint density at radius 1 is 1.29 bits per heavy atom. The molecule has 2 aliphatic rings. The fourth-order valence-electron chi connectivity index (χ4n) is 2.78. The molecule has 0 radical (unpaired) electrons. The lowest BCUT2D eigenvalue weighted by Gasteiger charge is -2.11. The fraction of sp³-hybridized carbons (Fsp3) is 0.467. The van der Waals surface area contributed by atoms with Crippen molar-refractivity contribution in [3.05, 3.63) is 41.7 Å². The first-order valence-corrected chi connectivity index (χ1v) is 8.58. The number of hydrogen-bond donors (Lipinski definition) is 0. The van der Waals surface area contributed by atoms with Crippen molar-refractivity contribution in [1.82, 2.24) is 14.8 Å². The Bertz CT molecular complexity index is 683. The molecule has 1 aromatic heterocycles. The molecule has 3 atom stereocenters. The number of rotatable bonds is 4. The number of halogens is 1. The molecule has 0 saturated heterocycles. The first-order valence-electron chi connectivity index (χ1n) is 7.26. The molecule has 1 fully saturated rings. The summed E-state index contributed by atoms with van der Waals surface area (Å²) < 4.78 is 28.0. The molecule has 2 unspecified atom stereocenters. The van der Waals surface area contributed by atoms with Crippen LogP contribution >= 0.6 is 0 Å². The minimum absolute atomic E-state index is 0.143. The predicted molar refractivity (Wildman–Crippen MR) is 77.1 cm³/mol. The van der Waals surface area contributed by atoms with Gasteiger partial charge in [0.25, 0.3) is 0 Å². The van der Waals surface area contributed by atoms with E-state index >= 15 is 0 Å². The van der Waals surface area contributed by atoms with E-state index in [1.165, 1.54) is 0 Å². The summed E-state index contributed by atoms with van der Waals surface area (Å²) in [5.74, 6) is 1.47. The van der Waals surface area contributed by atoms with E-state index in [1.54, 1.807) is 4.68 Å². The molecule has 0 amide bonds. The monoisotopic (exact) mass is 305 g/mol. The molecule has 1 aromatic carbocycles. The van der Waals surface area contributed by atoms with Crippen LogP contribution in [-0.4, -0.2) is 24.7 Å². The lowest BCUT2D eigenvalue weighted by atomic mass is 10.0. The van der Waals surface area contributed by atoms with Crippen LogP contribution in [-0.2, 0) is 10.8 Å². The highest BCUT2D eigenvalue weighted by Crippen LogP contribution is 2.39. The van der Waals surface area contributed by atoms with Crippen LogP contribution in [0.3, 0.4) is 0 Å². The van der Waals surface area contributed by atoms with Crippen molar-refractivity contribution in [2.45, 2.75) is 36.6 Å². The van der Waals surface area contributed by atoms with Crippen molar-refractivity contribution >= 4 is 10.8 Å². The summed E-state index contributed by atoms with van der Waals surface area (Å²) in [5, 5.41) is 4.64. The average Bonchev–Trinajstić information content (AvgIpc) is 3.11. The third-order valence-electron chi connectivity index (χ3n) is 4.12. The molecular formula is C15H16FN3OS. The highest BCUT2D eigenvalue weighted by Gasteiger charge is 2.36. The van der Waals surface area contributed by atoms with Crippen molar-refractivity contribution < 1.29 is 8.60 Å². The maximum atomic E-state index is 14.2. The molecule has 4 rings (SSSR count). The summed E-state index contributed by atoms with van der Waals surface area (Å²) in [6.45, 7) is 0. The number of nitrogens with zero attached hydrogens (tertiary/aromatic N) is 3. The van der Waals surface area contributed by atoms with Crippen LogP contribution in [0.15, 0.2) is 35.5 Å². The summed E-state index contributed by atoms with van der Waals surface area (Å²) >= 11 is 0. The van der Waals surface area contributed by atoms with Gasteiger partial charge in [0.05, 0.1) is 16.8 Å². The first-order chi connectivity index (χ1) is 10.2. The van der Waals surface area contributed by atoms with Crippen molar-refractivity contribution in [3.8, 4) is 0 Å². The van der Waals surface area contributed by atoms with Gasteiger partial charge in [0.2, 0.25) is 5.16 Å². The standard InChI is InChI=1S/C15H16FN3OS/c16-12-8-13(11-4-2-1-3-5-11)19-14(12)17-15(18-19)21(20)9-10-6-7-10/h1-5,10,12-13H,6-9H2/t12?,13?,21-/m0/s1. The molecule has 0 bridgehead atoms. The zero-order chi connectivity index (χ0) is 14.4. The molecule has 0 spiro atoms. The van der Waals surface area contributed by atoms with E-state index in [1.807, 2.05) is 30.3 Å². The van der Waals surface area contributed by atoms with Crippen LogP contribution in [0.4, 0.5) is 4.39 Å². The van der Waals surface area contributed by atoms with Crippen LogP contribution < -0.4 is 0 Å². The molecule has 1 saturated carbocycles. The summed E-state index contributed by atoms with van der Waals surface area (Å²) in [6, 6.07) is 9.59. The molecule has 0 N–H and O–H groups in total. The van der Waals surface area contributed by atoms with Crippen LogP contribution in [0.2, 0.25) is 0 Å². The van der Waals surface area contributed by atoms with Gasteiger partial charge in [-0.25, -0.2) is 14.1 Å². The third-order valence-corrected chi connectivity index (χ3v) is 5.47. The highest BCUT2D eigenvalue weighted by molar-refractivity contribution is 7.84. The van der Waals surface area contributed by atoms with Crippen molar-refractivity contribution in [3.63, 3.8) is 0 Å². The van der Waals surface area contributed by atoms with Gasteiger partial charge in [0.1, 0.15) is 0 Å². The largest absolute Gasteiger partial charge is 0.251 e. The zero-order valence-corrected chi connectivity index (χ0v) is 12.3. The van der Waals surface area contributed by atoms with Gasteiger partial charge in [-0.05, 0) is 24.3 Å². The smallest absolute Gasteiger partial charge is 0.239 e. The van der Waals surface area contributed by atoms with Crippen LogP contribution in [0.5, 0.6) is 0 Å². The van der Waals surface area contributed by atoms with E-state index in [2.05, 4.69) is 10.1 Å². The molecule has 21 heavy (non-hydrogen) atoms. The normalized spacial score (nSPS) is 25.8. The zero-order valence-electron chi connectivity index (χ0n) is 11.5. The van der Waals surface area contributed by atoms with Gasteiger partial charge in [-0.1, -0.05) is 30.3 Å². The van der Waals surface area contributed by atoms with Gasteiger partial charge in [0, 0.05) is 12.2 Å². The topological polar surface area (TPSA) is 47.8 Å². The van der Waals surface area contributed by atoms with E-state index in [9.17, 15) is 8.60 Å². The van der Waals surface area contributed by atoms with Gasteiger partial charge in [-0.15, -0.1) is 5.10 Å². The summed E-state index contributed by atoms with van der Waals surface area (Å²) in [4.78, 5) is 4.20. The number of fused-ring (bicyclic) bond motifs is 1. The number of alkyl halides is 1. The minimum atomic E-state index is -1.20. The summed E-state index contributed by atoms with van der Waals surface area (Å²) in [7, 11) is -1.20. The maximum absolute atomic E-state index is 14.2. The van der Waals surface area contributed by atoms with Crippen LogP contribution in [0.1, 0.15) is 42.9 Å². The molecule has 1 aliphatic heterocycles. The Morgan fingerprint density at radius 3 is 2.76 bits per heavy atom. The molecule has 110 valence electrons. The van der Waals surface area contributed by atoms with E-state index in [4.69, 9.17) is 0 Å². The van der Waals surface area contributed by atoms with Gasteiger partial charge in [-0.3, -0.25) is 4.21 Å². The molecule has 6 heteroatoms. The van der Waals surface area contributed by atoms with Crippen LogP contribution in [0, 0.1) is 5.92 Å². The van der Waals surface area contributed by atoms with Gasteiger partial charge < -0.3 is 0 Å². The Hall–Kier alpha value is -1.56. The van der Waals surface area contributed by atoms with Gasteiger partial charge >= 0.3 is 0 Å². The second-order valence-corrected chi connectivity index (χ2v) is 7.17. The Labute approximate surface area is 124 Å². The second kappa shape index (κ2) is 5.02. The Kier molecular flexibility index (Phi) is 3.14. The van der Waals surface area contributed by atoms with Crippen molar-refractivity contribution in [2.24, 2.45) is 5.92 Å². The fourth-order valence-corrected chi connectivity index (χ4v) is 4.07. The van der Waals surface area contributed by atoms with Crippen LogP contribution in [0.25, 0.3) is 0 Å². The maximum Gasteiger partial charge on any atom is 0.239 e. The first kappa shape index (κ1) is 13.1. The Balaban J connectivity index is 1.65. The highest BCUT2D eigenvalue weighted by atomic mass is 32.2. The minimum Gasteiger partial charge on any atom is -0.251 e. The predicted octanol–water partition coefficient (Wildman–Crippen LogP) is 2.80. The molecular weight excluding hydrogens is 289 g/mol. The van der Waals surface area contributed by atoms with E-state index in [-0.39, 0.29) is 6.04 Å². The molecule has 4 nitrogen and oxygen atoms in total. The SMILES string of the molecule is O=[S@@](CC1CC1)c1nc2n(n1)C(c1ccccc1)CC2F. The van der Waals surface area contributed by atoms with Crippen molar-refractivity contribution in [2.75, 3.05) is 5.75 Å². The van der Waals surface area contributed by atoms with Gasteiger partial charge in [-0.2, -0.15) is 0 Å². The Morgan fingerprint density at radius 2 is 2.05 bits per heavy atom. The third kappa shape index (κ3) is 2.41. The number of benzene rings is 1. The summed E-state index contributed by atoms with van der Waals surface area (Å²) in [6.07, 6.45) is 1.50. The number of aromatic nitrogens is 3. The molecule has 2 heterocycles. The average molecular weight is 305 g/mol. The second-order valence-electron chi connectivity index (χ2n) is 5.78. The number of hydrogen-bond acceptors (Lipinski definition) is 3. The van der Waals surface area contributed by atoms with Crippen molar-refractivity contribution in [1.29, 1.82) is 0 Å². The quantitative estimate of drug-likeness (QED) is 0.872. The lowest BCUT2D eigenvalue weighted by molar-refractivity contribution is 0.327. The van der Waals surface area contributed by atoms with Gasteiger partial charge in [0.15, 0.2) is 12.0 Å². The molecule has 2 aromatic rings.